The molecule has 0 atom stereocenters. The third kappa shape index (κ3) is 3.09. The van der Waals surface area contributed by atoms with E-state index in [2.05, 4.69) is 10.4 Å². The van der Waals surface area contributed by atoms with Gasteiger partial charge in [-0.2, -0.15) is 5.10 Å². The summed E-state index contributed by atoms with van der Waals surface area (Å²) in [6.07, 6.45) is 4.99. The lowest BCUT2D eigenvalue weighted by Gasteiger charge is -2.26. The zero-order valence-electron chi connectivity index (χ0n) is 10.6. The van der Waals surface area contributed by atoms with Crippen LogP contribution in [0.5, 0.6) is 0 Å². The maximum Gasteiger partial charge on any atom is 0.272 e. The van der Waals surface area contributed by atoms with Crippen LogP contribution in [0.15, 0.2) is 12.3 Å². The maximum absolute atomic E-state index is 11.8. The molecule has 1 aliphatic rings. The van der Waals surface area contributed by atoms with Gasteiger partial charge in [0.1, 0.15) is 5.69 Å². The van der Waals surface area contributed by atoms with Crippen molar-refractivity contribution in [1.29, 1.82) is 0 Å². The molecular formula is C12H18N4O2. The van der Waals surface area contributed by atoms with Crippen molar-refractivity contribution in [3.63, 3.8) is 0 Å². The van der Waals surface area contributed by atoms with Gasteiger partial charge in [0.05, 0.1) is 6.54 Å². The standard InChI is InChI=1S/C12H18N4O2/c1-15-8-5-10(14-15)12(18)13-9-11(17)16-6-3-2-4-7-16/h5,8H,2-4,6-7,9H2,1H3,(H,13,18). The molecule has 1 aromatic heterocycles. The first-order valence-corrected chi connectivity index (χ1v) is 6.22. The second-order valence-corrected chi connectivity index (χ2v) is 4.50. The molecule has 0 spiro atoms. The van der Waals surface area contributed by atoms with Crippen molar-refractivity contribution < 1.29 is 9.59 Å². The highest BCUT2D eigenvalue weighted by atomic mass is 16.2. The largest absolute Gasteiger partial charge is 0.342 e. The van der Waals surface area contributed by atoms with Crippen LogP contribution in [0.3, 0.4) is 0 Å². The summed E-state index contributed by atoms with van der Waals surface area (Å²) in [4.78, 5) is 25.3. The fraction of sp³-hybridized carbons (Fsp3) is 0.583. The Morgan fingerprint density at radius 2 is 2.06 bits per heavy atom. The van der Waals surface area contributed by atoms with Crippen molar-refractivity contribution in [2.24, 2.45) is 7.05 Å². The molecule has 18 heavy (non-hydrogen) atoms. The zero-order valence-corrected chi connectivity index (χ0v) is 10.6. The van der Waals surface area contributed by atoms with Crippen LogP contribution in [-0.2, 0) is 11.8 Å². The molecule has 6 nitrogen and oxygen atoms in total. The smallest absolute Gasteiger partial charge is 0.272 e. The van der Waals surface area contributed by atoms with E-state index in [-0.39, 0.29) is 18.4 Å². The van der Waals surface area contributed by atoms with Crippen LogP contribution in [0.4, 0.5) is 0 Å². The molecule has 1 fully saturated rings. The highest BCUT2D eigenvalue weighted by Crippen LogP contribution is 2.08. The van der Waals surface area contributed by atoms with Crippen LogP contribution in [0.25, 0.3) is 0 Å². The number of rotatable bonds is 3. The Hall–Kier alpha value is -1.85. The molecule has 0 aliphatic carbocycles. The van der Waals surface area contributed by atoms with Gasteiger partial charge in [-0.15, -0.1) is 0 Å². The third-order valence-electron chi connectivity index (χ3n) is 3.06. The number of nitrogens with one attached hydrogen (secondary N) is 1. The quantitative estimate of drug-likeness (QED) is 0.831. The van der Waals surface area contributed by atoms with E-state index >= 15 is 0 Å². The summed E-state index contributed by atoms with van der Waals surface area (Å²) in [6, 6.07) is 1.63. The molecular weight excluding hydrogens is 232 g/mol. The van der Waals surface area contributed by atoms with Crippen molar-refractivity contribution in [1.82, 2.24) is 20.0 Å². The number of hydrogen-bond donors (Lipinski definition) is 1. The monoisotopic (exact) mass is 250 g/mol. The van der Waals surface area contributed by atoms with Crippen LogP contribution in [0.1, 0.15) is 29.8 Å². The predicted octanol–water partition coefficient (Wildman–Crippen LogP) is 0.162. The lowest BCUT2D eigenvalue weighted by Crippen LogP contribution is -2.42. The first-order chi connectivity index (χ1) is 8.66. The second-order valence-electron chi connectivity index (χ2n) is 4.50. The van der Waals surface area contributed by atoms with E-state index in [9.17, 15) is 9.59 Å². The minimum absolute atomic E-state index is 0.0148. The molecule has 1 saturated heterocycles. The van der Waals surface area contributed by atoms with E-state index in [1.54, 1.807) is 24.0 Å². The number of hydrogen-bond acceptors (Lipinski definition) is 3. The van der Waals surface area contributed by atoms with Gasteiger partial charge < -0.3 is 10.2 Å². The number of amides is 2. The molecule has 2 heterocycles. The first kappa shape index (κ1) is 12.6. The molecule has 0 unspecified atom stereocenters. The summed E-state index contributed by atoms with van der Waals surface area (Å²) in [5, 5.41) is 6.58. The highest BCUT2D eigenvalue weighted by molar-refractivity contribution is 5.94. The van der Waals surface area contributed by atoms with Crippen LogP contribution in [0.2, 0.25) is 0 Å². The van der Waals surface area contributed by atoms with Crippen LogP contribution in [0, 0.1) is 0 Å². The van der Waals surface area contributed by atoms with Gasteiger partial charge in [-0.05, 0) is 25.3 Å². The minimum Gasteiger partial charge on any atom is -0.342 e. The van der Waals surface area contributed by atoms with Gasteiger partial charge in [0.25, 0.3) is 5.91 Å². The average molecular weight is 250 g/mol. The van der Waals surface area contributed by atoms with Crippen LogP contribution < -0.4 is 5.32 Å². The number of carbonyl (C=O) groups is 2. The molecule has 0 aromatic carbocycles. The van der Waals surface area contributed by atoms with Gasteiger partial charge >= 0.3 is 0 Å². The Balaban J connectivity index is 1.80. The maximum atomic E-state index is 11.8. The van der Waals surface area contributed by atoms with Crippen LogP contribution in [-0.4, -0.2) is 46.1 Å². The molecule has 2 rings (SSSR count). The SMILES string of the molecule is Cn1ccc(C(=O)NCC(=O)N2CCCCC2)n1. The molecule has 1 aromatic rings. The predicted molar refractivity (Wildman–Crippen MR) is 66.0 cm³/mol. The molecule has 1 N–H and O–H groups in total. The van der Waals surface area contributed by atoms with Crippen molar-refractivity contribution in [2.75, 3.05) is 19.6 Å². The molecule has 0 bridgehead atoms. The van der Waals surface area contributed by atoms with E-state index in [4.69, 9.17) is 0 Å². The Labute approximate surface area is 106 Å². The van der Waals surface area contributed by atoms with Gasteiger partial charge in [0, 0.05) is 26.3 Å². The zero-order chi connectivity index (χ0) is 13.0. The van der Waals surface area contributed by atoms with Gasteiger partial charge in [-0.1, -0.05) is 0 Å². The number of nitrogens with zero attached hydrogens (tertiary/aromatic N) is 3. The lowest BCUT2D eigenvalue weighted by atomic mass is 10.1. The minimum atomic E-state index is -0.305. The first-order valence-electron chi connectivity index (χ1n) is 6.22. The normalized spacial score (nSPS) is 15.5. The summed E-state index contributed by atoms with van der Waals surface area (Å²) in [6.45, 7) is 1.66. The molecule has 98 valence electrons. The van der Waals surface area contributed by atoms with Crippen molar-refractivity contribution in [2.45, 2.75) is 19.3 Å². The van der Waals surface area contributed by atoms with E-state index in [0.717, 1.165) is 25.9 Å². The summed E-state index contributed by atoms with van der Waals surface area (Å²) >= 11 is 0. The van der Waals surface area contributed by atoms with E-state index in [0.29, 0.717) is 5.69 Å². The number of carbonyl (C=O) groups excluding carboxylic acids is 2. The van der Waals surface area contributed by atoms with E-state index in [1.807, 2.05) is 4.90 Å². The van der Waals surface area contributed by atoms with E-state index < -0.39 is 0 Å². The number of likely N-dealkylation sites (tertiary alicyclic amines) is 1. The fourth-order valence-electron chi connectivity index (χ4n) is 2.04. The summed E-state index contributed by atoms with van der Waals surface area (Å²) in [5.41, 5.74) is 0.337. The molecule has 0 radical (unpaired) electrons. The summed E-state index contributed by atoms with van der Waals surface area (Å²) in [7, 11) is 1.75. The Morgan fingerprint density at radius 1 is 1.33 bits per heavy atom. The topological polar surface area (TPSA) is 67.2 Å². The molecule has 2 amide bonds. The van der Waals surface area contributed by atoms with Gasteiger partial charge in [-0.25, -0.2) is 0 Å². The lowest BCUT2D eigenvalue weighted by molar-refractivity contribution is -0.130. The number of piperidine rings is 1. The Morgan fingerprint density at radius 3 is 2.67 bits per heavy atom. The van der Waals surface area contributed by atoms with Crippen molar-refractivity contribution in [3.8, 4) is 0 Å². The van der Waals surface area contributed by atoms with Crippen LogP contribution >= 0.6 is 0 Å². The Kier molecular flexibility index (Phi) is 3.96. The third-order valence-corrected chi connectivity index (χ3v) is 3.06. The second kappa shape index (κ2) is 5.66. The summed E-state index contributed by atoms with van der Waals surface area (Å²) < 4.78 is 1.56. The molecule has 6 heteroatoms. The van der Waals surface area contributed by atoms with Gasteiger partial charge in [-0.3, -0.25) is 14.3 Å². The number of aryl methyl sites for hydroxylation is 1. The van der Waals surface area contributed by atoms with E-state index in [1.165, 1.54) is 6.42 Å². The van der Waals surface area contributed by atoms with Gasteiger partial charge in [0.15, 0.2) is 0 Å². The highest BCUT2D eigenvalue weighted by Gasteiger charge is 2.17. The molecule has 0 saturated carbocycles. The Bertz CT molecular complexity index is 435. The van der Waals surface area contributed by atoms with Gasteiger partial charge in [0.2, 0.25) is 5.91 Å². The average Bonchev–Trinajstić information content (AvgIpc) is 2.83. The number of aromatic nitrogens is 2. The molecule has 1 aliphatic heterocycles. The van der Waals surface area contributed by atoms with Crippen molar-refractivity contribution in [3.05, 3.63) is 18.0 Å². The summed E-state index contributed by atoms with van der Waals surface area (Å²) in [5.74, 6) is -0.319. The van der Waals surface area contributed by atoms with Crippen molar-refractivity contribution >= 4 is 11.8 Å². The fourth-order valence-corrected chi connectivity index (χ4v) is 2.04.